The molecule has 0 radical (unpaired) electrons. The molecule has 2 aromatic rings. The van der Waals surface area contributed by atoms with Gasteiger partial charge in [-0.3, -0.25) is 0 Å². The van der Waals surface area contributed by atoms with Crippen molar-refractivity contribution in [2.75, 3.05) is 24.8 Å². The van der Waals surface area contributed by atoms with Crippen molar-refractivity contribution in [2.24, 2.45) is 0 Å². The zero-order chi connectivity index (χ0) is 15.9. The molecule has 4 heteroatoms. The van der Waals surface area contributed by atoms with Crippen LogP contribution in [0.5, 0.6) is 0 Å². The van der Waals surface area contributed by atoms with Crippen molar-refractivity contribution in [3.63, 3.8) is 0 Å². The number of benzene rings is 2. The van der Waals surface area contributed by atoms with Crippen LogP contribution in [0, 0.1) is 0 Å². The minimum atomic E-state index is 0.0159. The minimum Gasteiger partial charge on any atom is -0.360 e. The van der Waals surface area contributed by atoms with Gasteiger partial charge in [-0.25, -0.2) is 0 Å². The number of para-hydroxylation sites is 1. The molecule has 1 spiro atoms. The first-order valence-corrected chi connectivity index (χ1v) is 8.24. The molecule has 1 aliphatic carbocycles. The number of fused-ring (bicyclic) bond motifs is 2. The summed E-state index contributed by atoms with van der Waals surface area (Å²) in [5, 5.41) is 0.762. The third kappa shape index (κ3) is 2.44. The Hall–Kier alpha value is -1.84. The number of aldehydes is 1. The van der Waals surface area contributed by atoms with Gasteiger partial charge in [-0.2, -0.15) is 0 Å². The third-order valence-corrected chi connectivity index (χ3v) is 5.28. The van der Waals surface area contributed by atoms with Crippen molar-refractivity contribution in [3.8, 4) is 0 Å². The van der Waals surface area contributed by atoms with Crippen LogP contribution in [0.3, 0.4) is 0 Å². The Morgan fingerprint density at radius 3 is 2.78 bits per heavy atom. The van der Waals surface area contributed by atoms with E-state index in [9.17, 15) is 4.79 Å². The average molecular weight is 328 g/mol. The monoisotopic (exact) mass is 327 g/mol. The fraction of sp³-hybridized carbons (Fsp3) is 0.316. The number of hydrogen-bond donors (Lipinski definition) is 0. The van der Waals surface area contributed by atoms with Gasteiger partial charge in [-0.05, 0) is 41.7 Å². The molecule has 2 unspecified atom stereocenters. The summed E-state index contributed by atoms with van der Waals surface area (Å²) in [5.74, 6) is 0.442. The number of nitrogens with zero attached hydrogens (tertiary/aromatic N) is 1. The van der Waals surface area contributed by atoms with Crippen LogP contribution < -0.4 is 4.90 Å². The highest BCUT2D eigenvalue weighted by atomic mass is 35.5. The summed E-state index contributed by atoms with van der Waals surface area (Å²) in [7, 11) is 0. The van der Waals surface area contributed by atoms with Crippen molar-refractivity contribution < 1.29 is 9.53 Å². The number of halogens is 1. The number of rotatable bonds is 3. The number of carbonyl (C=O) groups is 1. The Morgan fingerprint density at radius 2 is 2.00 bits per heavy atom. The lowest BCUT2D eigenvalue weighted by Crippen LogP contribution is -2.27. The largest absolute Gasteiger partial charge is 0.360 e. The van der Waals surface area contributed by atoms with Crippen molar-refractivity contribution in [1.82, 2.24) is 0 Å². The highest BCUT2D eigenvalue weighted by molar-refractivity contribution is 6.30. The van der Waals surface area contributed by atoms with Crippen molar-refractivity contribution in [1.29, 1.82) is 0 Å². The Kier molecular flexibility index (Phi) is 3.63. The molecular weight excluding hydrogens is 310 g/mol. The predicted octanol–water partition coefficient (Wildman–Crippen LogP) is 3.76. The lowest BCUT2D eigenvalue weighted by Gasteiger charge is -2.22. The summed E-state index contributed by atoms with van der Waals surface area (Å²) in [6.45, 7) is 1.51. The molecule has 118 valence electrons. The van der Waals surface area contributed by atoms with Crippen LogP contribution in [0.15, 0.2) is 48.5 Å². The Labute approximate surface area is 140 Å². The molecule has 1 heterocycles. The minimum absolute atomic E-state index is 0.0159. The van der Waals surface area contributed by atoms with Gasteiger partial charge in [0.1, 0.15) is 13.0 Å². The maximum atomic E-state index is 11.0. The highest BCUT2D eigenvalue weighted by Crippen LogP contribution is 2.63. The van der Waals surface area contributed by atoms with E-state index in [-0.39, 0.29) is 5.41 Å². The standard InChI is InChI=1S/C19H18ClNO2/c20-15-7-5-14(6-8-15)17-11-19(17)12-23-13-21(9-10-22)18-4-2-1-3-16(18)19/h1-8,10,17H,9,11-13H2. The van der Waals surface area contributed by atoms with Crippen molar-refractivity contribution in [2.45, 2.75) is 17.8 Å². The van der Waals surface area contributed by atoms with Crippen LogP contribution in [0.4, 0.5) is 5.69 Å². The van der Waals surface area contributed by atoms with Gasteiger partial charge in [0, 0.05) is 16.1 Å². The second kappa shape index (κ2) is 5.66. The molecule has 0 aromatic heterocycles. The lowest BCUT2D eigenvalue weighted by molar-refractivity contribution is -0.106. The lowest BCUT2D eigenvalue weighted by atomic mass is 9.90. The van der Waals surface area contributed by atoms with E-state index in [4.69, 9.17) is 16.3 Å². The van der Waals surface area contributed by atoms with Gasteiger partial charge in [-0.1, -0.05) is 41.9 Å². The van der Waals surface area contributed by atoms with Gasteiger partial charge in [0.25, 0.3) is 0 Å². The molecule has 4 rings (SSSR count). The molecule has 0 N–H and O–H groups in total. The zero-order valence-electron chi connectivity index (χ0n) is 12.7. The van der Waals surface area contributed by atoms with E-state index in [2.05, 4.69) is 30.3 Å². The van der Waals surface area contributed by atoms with Gasteiger partial charge in [0.05, 0.1) is 13.2 Å². The Balaban J connectivity index is 1.73. The first kappa shape index (κ1) is 14.7. The molecule has 0 amide bonds. The normalized spacial score (nSPS) is 25.8. The maximum absolute atomic E-state index is 11.0. The van der Waals surface area contributed by atoms with Crippen LogP contribution in [0.2, 0.25) is 5.02 Å². The van der Waals surface area contributed by atoms with Crippen molar-refractivity contribution in [3.05, 3.63) is 64.7 Å². The molecule has 2 atom stereocenters. The SMILES string of the molecule is O=CCN1COCC2(CC2c2ccc(Cl)cc2)c2ccccc21. The van der Waals surface area contributed by atoms with E-state index >= 15 is 0 Å². The van der Waals surface area contributed by atoms with E-state index in [0.717, 1.165) is 23.4 Å². The average Bonchev–Trinajstić information content (AvgIpc) is 3.32. The molecule has 0 bridgehead atoms. The van der Waals surface area contributed by atoms with Crippen LogP contribution in [0.1, 0.15) is 23.5 Å². The number of hydrogen-bond acceptors (Lipinski definition) is 3. The first-order valence-electron chi connectivity index (χ1n) is 7.86. The number of ether oxygens (including phenoxy) is 1. The van der Waals surface area contributed by atoms with Crippen LogP contribution >= 0.6 is 11.6 Å². The van der Waals surface area contributed by atoms with Gasteiger partial charge in [0.2, 0.25) is 0 Å². The van der Waals surface area contributed by atoms with E-state index in [1.165, 1.54) is 11.1 Å². The van der Waals surface area contributed by atoms with Crippen LogP contribution in [0.25, 0.3) is 0 Å². The van der Waals surface area contributed by atoms with Gasteiger partial charge >= 0.3 is 0 Å². The molecule has 1 aliphatic heterocycles. The second-order valence-corrected chi connectivity index (χ2v) is 6.78. The number of carbonyl (C=O) groups excluding carboxylic acids is 1. The molecule has 23 heavy (non-hydrogen) atoms. The molecule has 2 aliphatic rings. The summed E-state index contributed by atoms with van der Waals surface area (Å²) in [6, 6.07) is 16.5. The Bertz CT molecular complexity index is 730. The molecule has 1 fully saturated rings. The topological polar surface area (TPSA) is 29.5 Å². The molecule has 3 nitrogen and oxygen atoms in total. The van der Waals surface area contributed by atoms with Crippen LogP contribution in [-0.4, -0.2) is 26.2 Å². The quantitative estimate of drug-likeness (QED) is 0.804. The molecular formula is C19H18ClNO2. The third-order valence-electron chi connectivity index (χ3n) is 5.03. The molecule has 1 saturated carbocycles. The maximum Gasteiger partial charge on any atom is 0.139 e. The fourth-order valence-electron chi connectivity index (χ4n) is 3.79. The Morgan fingerprint density at radius 1 is 1.22 bits per heavy atom. The van der Waals surface area contributed by atoms with Gasteiger partial charge < -0.3 is 14.4 Å². The van der Waals surface area contributed by atoms with Crippen LogP contribution in [-0.2, 0) is 14.9 Å². The van der Waals surface area contributed by atoms with E-state index in [0.29, 0.717) is 25.8 Å². The highest BCUT2D eigenvalue weighted by Gasteiger charge is 2.58. The van der Waals surface area contributed by atoms with Gasteiger partial charge in [-0.15, -0.1) is 0 Å². The van der Waals surface area contributed by atoms with Gasteiger partial charge in [0.15, 0.2) is 0 Å². The second-order valence-electron chi connectivity index (χ2n) is 6.35. The molecule has 2 aromatic carbocycles. The van der Waals surface area contributed by atoms with E-state index in [1.54, 1.807) is 0 Å². The zero-order valence-corrected chi connectivity index (χ0v) is 13.5. The number of anilines is 1. The summed E-state index contributed by atoms with van der Waals surface area (Å²) < 4.78 is 5.94. The van der Waals surface area contributed by atoms with E-state index in [1.807, 2.05) is 23.1 Å². The summed E-state index contributed by atoms with van der Waals surface area (Å²) in [5.41, 5.74) is 3.73. The summed E-state index contributed by atoms with van der Waals surface area (Å²) >= 11 is 6.01. The predicted molar refractivity (Wildman–Crippen MR) is 91.2 cm³/mol. The summed E-state index contributed by atoms with van der Waals surface area (Å²) in [4.78, 5) is 13.0. The summed E-state index contributed by atoms with van der Waals surface area (Å²) in [6.07, 6.45) is 2.00. The smallest absolute Gasteiger partial charge is 0.139 e. The first-order chi connectivity index (χ1) is 11.2. The molecule has 0 saturated heterocycles. The fourth-order valence-corrected chi connectivity index (χ4v) is 3.92. The van der Waals surface area contributed by atoms with E-state index < -0.39 is 0 Å². The van der Waals surface area contributed by atoms with Crippen molar-refractivity contribution >= 4 is 23.6 Å².